The Hall–Kier alpha value is -1.85. The van der Waals surface area contributed by atoms with E-state index in [1.54, 1.807) is 0 Å². The molecule has 0 aliphatic rings. The molecule has 6 nitrogen and oxygen atoms in total. The third-order valence-corrected chi connectivity index (χ3v) is 12.3. The summed E-state index contributed by atoms with van der Waals surface area (Å²) in [5.41, 5.74) is 0. The lowest BCUT2D eigenvalue weighted by Crippen LogP contribution is -2.30. The highest BCUT2D eigenvalue weighted by Gasteiger charge is 2.19. The van der Waals surface area contributed by atoms with Gasteiger partial charge < -0.3 is 14.2 Å². The molecule has 0 N–H and O–H groups in total. The van der Waals surface area contributed by atoms with Crippen molar-refractivity contribution in [2.75, 3.05) is 13.2 Å². The normalized spacial score (nSPS) is 12.0. The van der Waals surface area contributed by atoms with Crippen LogP contribution in [0.2, 0.25) is 0 Å². The molecule has 0 spiro atoms. The maximum atomic E-state index is 12.8. The number of carbonyl (C=O) groups excluding carboxylic acids is 3. The van der Waals surface area contributed by atoms with Crippen LogP contribution >= 0.6 is 0 Å². The number of unbranched alkanes of at least 4 members (excludes halogenated alkanes) is 37. The van der Waals surface area contributed by atoms with Gasteiger partial charge in [-0.25, -0.2) is 0 Å². The topological polar surface area (TPSA) is 78.9 Å². The van der Waals surface area contributed by atoms with E-state index in [1.165, 1.54) is 199 Å². The second kappa shape index (κ2) is 50.8. The number of ether oxygens (including phenoxy) is 3. The zero-order valence-corrected chi connectivity index (χ0v) is 41.2. The first-order valence-corrected chi connectivity index (χ1v) is 27.2. The molecule has 0 saturated carbocycles. The minimum atomic E-state index is -0.767. The van der Waals surface area contributed by atoms with Gasteiger partial charge in [0.15, 0.2) is 6.10 Å². The molecular weight excluding hydrogens is 757 g/mol. The summed E-state index contributed by atoms with van der Waals surface area (Å²) >= 11 is 0. The fraction of sp³-hybridized carbons (Fsp3) is 0.909. The Kier molecular flexibility index (Phi) is 49.3. The number of allylic oxidation sites excluding steroid dienone is 2. The van der Waals surface area contributed by atoms with E-state index in [-0.39, 0.29) is 31.1 Å². The van der Waals surface area contributed by atoms with E-state index in [2.05, 4.69) is 32.9 Å². The number of rotatable bonds is 50. The smallest absolute Gasteiger partial charge is 0.306 e. The van der Waals surface area contributed by atoms with Crippen LogP contribution in [0.3, 0.4) is 0 Å². The van der Waals surface area contributed by atoms with Crippen LogP contribution < -0.4 is 0 Å². The van der Waals surface area contributed by atoms with Crippen molar-refractivity contribution in [2.45, 2.75) is 309 Å². The first-order chi connectivity index (χ1) is 30.0. The second-order valence-electron chi connectivity index (χ2n) is 18.5. The summed E-state index contributed by atoms with van der Waals surface area (Å²) in [7, 11) is 0. The van der Waals surface area contributed by atoms with Crippen LogP contribution in [-0.2, 0) is 28.6 Å². The van der Waals surface area contributed by atoms with Gasteiger partial charge in [0.2, 0.25) is 0 Å². The van der Waals surface area contributed by atoms with Crippen LogP contribution in [0.5, 0.6) is 0 Å². The molecule has 0 aliphatic heterocycles. The third-order valence-electron chi connectivity index (χ3n) is 12.3. The highest BCUT2D eigenvalue weighted by atomic mass is 16.6. The molecule has 360 valence electrons. The second-order valence-corrected chi connectivity index (χ2v) is 18.5. The Morgan fingerprint density at radius 3 is 0.820 bits per heavy atom. The van der Waals surface area contributed by atoms with Crippen molar-refractivity contribution in [3.8, 4) is 0 Å². The van der Waals surface area contributed by atoms with Gasteiger partial charge in [-0.05, 0) is 44.9 Å². The molecule has 61 heavy (non-hydrogen) atoms. The SMILES string of the molecule is CCCCCCCC/C=C\CCCCCCCC(=O)OC(COC(=O)CCCCCCCCCC)COC(=O)CCCCCCCCCCCCCCCCCCCCCC. The van der Waals surface area contributed by atoms with Gasteiger partial charge in [0.05, 0.1) is 0 Å². The standard InChI is InChI=1S/C55H104O6/c1-4-7-10-13-16-19-21-23-25-26-27-28-29-31-32-34-36-39-42-45-48-54(57)60-51-52(50-59-53(56)47-44-41-38-18-15-12-9-6-3)61-55(58)49-46-43-40-37-35-33-30-24-22-20-17-14-11-8-5-2/h24,30,52H,4-23,25-29,31-51H2,1-3H3/b30-24-. The molecule has 0 radical (unpaired) electrons. The maximum absolute atomic E-state index is 12.8. The molecule has 0 bridgehead atoms. The highest BCUT2D eigenvalue weighted by molar-refractivity contribution is 5.71. The minimum Gasteiger partial charge on any atom is -0.462 e. The zero-order chi connectivity index (χ0) is 44.4. The van der Waals surface area contributed by atoms with E-state index in [4.69, 9.17) is 14.2 Å². The third kappa shape index (κ3) is 49.0. The van der Waals surface area contributed by atoms with E-state index in [0.29, 0.717) is 19.3 Å². The number of esters is 3. The highest BCUT2D eigenvalue weighted by Crippen LogP contribution is 2.17. The molecule has 0 aromatic heterocycles. The van der Waals surface area contributed by atoms with Crippen molar-refractivity contribution in [1.29, 1.82) is 0 Å². The predicted molar refractivity (Wildman–Crippen MR) is 261 cm³/mol. The van der Waals surface area contributed by atoms with E-state index in [9.17, 15) is 14.4 Å². The molecule has 0 aromatic carbocycles. The van der Waals surface area contributed by atoms with Crippen LogP contribution in [0.25, 0.3) is 0 Å². The van der Waals surface area contributed by atoms with Crippen LogP contribution in [0.4, 0.5) is 0 Å². The zero-order valence-electron chi connectivity index (χ0n) is 41.2. The van der Waals surface area contributed by atoms with Gasteiger partial charge in [0.1, 0.15) is 13.2 Å². The largest absolute Gasteiger partial charge is 0.462 e. The van der Waals surface area contributed by atoms with Gasteiger partial charge >= 0.3 is 17.9 Å². The number of hydrogen-bond acceptors (Lipinski definition) is 6. The lowest BCUT2D eigenvalue weighted by Gasteiger charge is -2.18. The van der Waals surface area contributed by atoms with Gasteiger partial charge in [-0.15, -0.1) is 0 Å². The quantitative estimate of drug-likeness (QED) is 0.0262. The molecule has 6 heteroatoms. The molecule has 0 fully saturated rings. The van der Waals surface area contributed by atoms with Crippen LogP contribution in [-0.4, -0.2) is 37.2 Å². The summed E-state index contributed by atoms with van der Waals surface area (Å²) in [5, 5.41) is 0. The average Bonchev–Trinajstić information content (AvgIpc) is 3.26. The summed E-state index contributed by atoms with van der Waals surface area (Å²) < 4.78 is 16.8. The predicted octanol–water partition coefficient (Wildman–Crippen LogP) is 17.8. The van der Waals surface area contributed by atoms with Crippen molar-refractivity contribution in [3.63, 3.8) is 0 Å². The van der Waals surface area contributed by atoms with Gasteiger partial charge in [-0.1, -0.05) is 251 Å². The summed E-state index contributed by atoms with van der Waals surface area (Å²) in [4.78, 5) is 37.9. The molecule has 0 aromatic rings. The van der Waals surface area contributed by atoms with Gasteiger partial charge in [-0.3, -0.25) is 14.4 Å². The Balaban J connectivity index is 4.20. The van der Waals surface area contributed by atoms with E-state index in [0.717, 1.165) is 64.2 Å². The summed E-state index contributed by atoms with van der Waals surface area (Å²) in [6, 6.07) is 0. The van der Waals surface area contributed by atoms with Crippen molar-refractivity contribution in [3.05, 3.63) is 12.2 Å². The van der Waals surface area contributed by atoms with E-state index in [1.807, 2.05) is 0 Å². The Morgan fingerprint density at radius 1 is 0.311 bits per heavy atom. The Bertz CT molecular complexity index is 947. The first kappa shape index (κ1) is 59.1. The fourth-order valence-corrected chi connectivity index (χ4v) is 8.14. The van der Waals surface area contributed by atoms with Gasteiger partial charge in [0.25, 0.3) is 0 Å². The average molecular weight is 861 g/mol. The molecular formula is C55H104O6. The van der Waals surface area contributed by atoms with E-state index < -0.39 is 6.10 Å². The molecule has 0 amide bonds. The van der Waals surface area contributed by atoms with Crippen molar-refractivity contribution in [1.82, 2.24) is 0 Å². The van der Waals surface area contributed by atoms with Crippen LogP contribution in [0.1, 0.15) is 303 Å². The Morgan fingerprint density at radius 2 is 0.541 bits per heavy atom. The monoisotopic (exact) mass is 861 g/mol. The van der Waals surface area contributed by atoms with Crippen molar-refractivity contribution < 1.29 is 28.6 Å². The maximum Gasteiger partial charge on any atom is 0.306 e. The molecule has 1 atom stereocenters. The summed E-state index contributed by atoms with van der Waals surface area (Å²) in [6.45, 7) is 6.64. The summed E-state index contributed by atoms with van der Waals surface area (Å²) in [6.07, 6.45) is 56.4. The van der Waals surface area contributed by atoms with Crippen molar-refractivity contribution in [2.24, 2.45) is 0 Å². The molecule has 0 aliphatic carbocycles. The first-order valence-electron chi connectivity index (χ1n) is 27.2. The summed E-state index contributed by atoms with van der Waals surface area (Å²) in [5.74, 6) is -0.863. The molecule has 0 saturated heterocycles. The minimum absolute atomic E-state index is 0.0683. The number of hydrogen-bond donors (Lipinski definition) is 0. The lowest BCUT2D eigenvalue weighted by atomic mass is 10.0. The Labute approximate surface area is 380 Å². The number of carbonyl (C=O) groups is 3. The van der Waals surface area contributed by atoms with Gasteiger partial charge in [0, 0.05) is 19.3 Å². The molecule has 0 rings (SSSR count). The van der Waals surface area contributed by atoms with Crippen LogP contribution in [0.15, 0.2) is 12.2 Å². The molecule has 0 heterocycles. The van der Waals surface area contributed by atoms with Crippen molar-refractivity contribution >= 4 is 17.9 Å². The fourth-order valence-electron chi connectivity index (χ4n) is 8.14. The lowest BCUT2D eigenvalue weighted by molar-refractivity contribution is -0.167. The van der Waals surface area contributed by atoms with Crippen LogP contribution in [0, 0.1) is 0 Å². The molecule has 1 unspecified atom stereocenters. The van der Waals surface area contributed by atoms with E-state index >= 15 is 0 Å². The van der Waals surface area contributed by atoms with Gasteiger partial charge in [-0.2, -0.15) is 0 Å².